The Bertz CT molecular complexity index is 1030. The van der Waals surface area contributed by atoms with E-state index in [0.717, 1.165) is 6.42 Å². The smallest absolute Gasteiger partial charge is 0.293 e. The molecule has 0 saturated carbocycles. The molecule has 2 aromatic heterocycles. The van der Waals surface area contributed by atoms with Crippen molar-refractivity contribution in [2.45, 2.75) is 19.8 Å². The highest BCUT2D eigenvalue weighted by Gasteiger charge is 2.23. The van der Waals surface area contributed by atoms with Crippen LogP contribution in [0.5, 0.6) is 11.5 Å². The number of anilines is 1. The monoisotopic (exact) mass is 400 g/mol. The van der Waals surface area contributed by atoms with E-state index >= 15 is 0 Å². The number of aromatic nitrogens is 5. The lowest BCUT2D eigenvalue weighted by atomic mass is 10.2. The summed E-state index contributed by atoms with van der Waals surface area (Å²) in [6.45, 7) is 1.96. The number of benzene rings is 1. The molecule has 0 aliphatic carbocycles. The van der Waals surface area contributed by atoms with Crippen LogP contribution in [0.25, 0.3) is 5.82 Å². The van der Waals surface area contributed by atoms with Crippen LogP contribution in [0.4, 0.5) is 5.82 Å². The van der Waals surface area contributed by atoms with E-state index in [9.17, 15) is 4.79 Å². The largest absolute Gasteiger partial charge is 0.493 e. The molecule has 12 nitrogen and oxygen atoms in total. The quantitative estimate of drug-likeness (QED) is 0.415. The summed E-state index contributed by atoms with van der Waals surface area (Å²) < 4.78 is 16.4. The first-order chi connectivity index (χ1) is 14.1. The molecule has 3 aromatic rings. The number of nitrogens with two attached hydrogens (primary N) is 1. The predicted molar refractivity (Wildman–Crippen MR) is 102 cm³/mol. The van der Waals surface area contributed by atoms with Crippen LogP contribution < -0.4 is 20.6 Å². The lowest BCUT2D eigenvalue weighted by Gasteiger charge is -2.07. The molecule has 0 radical (unpaired) electrons. The second-order valence-corrected chi connectivity index (χ2v) is 5.83. The summed E-state index contributed by atoms with van der Waals surface area (Å²) in [6, 6.07) is 5.24. The molecule has 1 amide bonds. The summed E-state index contributed by atoms with van der Waals surface area (Å²) in [6.07, 6.45) is 2.73. The summed E-state index contributed by atoms with van der Waals surface area (Å²) in [4.78, 5) is 12.5. The molecular formula is C17H20N8O4. The van der Waals surface area contributed by atoms with Crippen molar-refractivity contribution in [2.24, 2.45) is 5.10 Å². The van der Waals surface area contributed by atoms with E-state index in [-0.39, 0.29) is 17.3 Å². The number of amides is 1. The van der Waals surface area contributed by atoms with E-state index in [0.29, 0.717) is 29.2 Å². The zero-order valence-electron chi connectivity index (χ0n) is 16.1. The number of ether oxygens (including phenoxy) is 2. The Hall–Kier alpha value is -3.96. The molecule has 0 saturated heterocycles. The molecule has 2 heterocycles. The van der Waals surface area contributed by atoms with Gasteiger partial charge in [-0.05, 0) is 40.5 Å². The second kappa shape index (κ2) is 8.82. The van der Waals surface area contributed by atoms with Crippen LogP contribution in [-0.2, 0) is 6.42 Å². The van der Waals surface area contributed by atoms with Gasteiger partial charge in [-0.1, -0.05) is 18.6 Å². The minimum absolute atomic E-state index is 0.0469. The van der Waals surface area contributed by atoms with Crippen LogP contribution in [0.15, 0.2) is 27.9 Å². The summed E-state index contributed by atoms with van der Waals surface area (Å²) in [5.74, 6) is 0.844. The fourth-order valence-electron chi connectivity index (χ4n) is 2.60. The maximum Gasteiger partial charge on any atom is 0.293 e. The summed E-state index contributed by atoms with van der Waals surface area (Å²) in [7, 11) is 3.09. The first kappa shape index (κ1) is 19.8. The lowest BCUT2D eigenvalue weighted by molar-refractivity contribution is 0.0949. The van der Waals surface area contributed by atoms with Crippen molar-refractivity contribution >= 4 is 17.9 Å². The van der Waals surface area contributed by atoms with Crippen LogP contribution in [0.1, 0.15) is 35.1 Å². The molecule has 0 atom stereocenters. The van der Waals surface area contributed by atoms with E-state index in [1.54, 1.807) is 25.3 Å². The molecule has 1 aromatic carbocycles. The molecule has 0 aliphatic heterocycles. The van der Waals surface area contributed by atoms with Crippen LogP contribution in [-0.4, -0.2) is 51.6 Å². The standard InChI is InChI=1S/C17H20N8O4/c1-4-5-11-14(20-24-25(11)16-15(18)22-29-23-16)17(26)21-19-9-10-6-7-12(27-2)13(8-10)28-3/h6-9H,4-5H2,1-3H3,(H2,18,22)(H,21,26). The molecule has 3 rings (SSSR count). The maximum atomic E-state index is 12.5. The van der Waals surface area contributed by atoms with Crippen LogP contribution >= 0.6 is 0 Å². The average molecular weight is 400 g/mol. The van der Waals surface area contributed by atoms with Gasteiger partial charge in [0.2, 0.25) is 11.6 Å². The minimum atomic E-state index is -0.522. The predicted octanol–water partition coefficient (Wildman–Crippen LogP) is 0.966. The SMILES string of the molecule is CCCc1c(C(=O)NN=Cc2ccc(OC)c(OC)c2)nnn1-c1nonc1N. The zero-order valence-corrected chi connectivity index (χ0v) is 16.1. The number of nitrogens with zero attached hydrogens (tertiary/aromatic N) is 6. The Morgan fingerprint density at radius 3 is 2.76 bits per heavy atom. The van der Waals surface area contributed by atoms with Crippen LogP contribution in [0.3, 0.4) is 0 Å². The fraction of sp³-hybridized carbons (Fsp3) is 0.294. The highest BCUT2D eigenvalue weighted by molar-refractivity contribution is 5.94. The molecule has 29 heavy (non-hydrogen) atoms. The van der Waals surface area contributed by atoms with Crippen LogP contribution in [0.2, 0.25) is 0 Å². The van der Waals surface area contributed by atoms with Gasteiger partial charge >= 0.3 is 0 Å². The topological polar surface area (TPSA) is 156 Å². The van der Waals surface area contributed by atoms with E-state index < -0.39 is 5.91 Å². The zero-order chi connectivity index (χ0) is 20.8. The third kappa shape index (κ3) is 4.15. The van der Waals surface area contributed by atoms with Gasteiger partial charge in [-0.2, -0.15) is 9.78 Å². The first-order valence-corrected chi connectivity index (χ1v) is 8.67. The van der Waals surface area contributed by atoms with Gasteiger partial charge in [0.15, 0.2) is 17.2 Å². The number of hydrogen-bond donors (Lipinski definition) is 2. The third-order valence-corrected chi connectivity index (χ3v) is 3.95. The van der Waals surface area contributed by atoms with Crippen LogP contribution in [0, 0.1) is 0 Å². The molecule has 12 heteroatoms. The van der Waals surface area contributed by atoms with Crippen molar-refractivity contribution in [1.82, 2.24) is 30.7 Å². The van der Waals surface area contributed by atoms with Crippen molar-refractivity contribution in [1.29, 1.82) is 0 Å². The molecule has 0 bridgehead atoms. The molecular weight excluding hydrogens is 380 g/mol. The normalized spacial score (nSPS) is 11.0. The lowest BCUT2D eigenvalue weighted by Crippen LogP contribution is -2.20. The van der Waals surface area contributed by atoms with Crippen molar-refractivity contribution in [3.05, 3.63) is 35.2 Å². The number of hydrogen-bond acceptors (Lipinski definition) is 10. The number of carbonyl (C=O) groups is 1. The Kier molecular flexibility index (Phi) is 6.02. The van der Waals surface area contributed by atoms with E-state index in [1.807, 2.05) is 6.92 Å². The van der Waals surface area contributed by atoms with Gasteiger partial charge in [0.1, 0.15) is 0 Å². The Morgan fingerprint density at radius 2 is 2.10 bits per heavy atom. The van der Waals surface area contributed by atoms with Gasteiger partial charge < -0.3 is 15.2 Å². The molecule has 0 spiro atoms. The molecule has 3 N–H and O–H groups in total. The summed E-state index contributed by atoms with van der Waals surface area (Å²) in [5, 5.41) is 19.1. The van der Waals surface area contributed by atoms with Gasteiger partial charge in [0.25, 0.3) is 5.91 Å². The van der Waals surface area contributed by atoms with Gasteiger partial charge in [-0.15, -0.1) is 5.10 Å². The van der Waals surface area contributed by atoms with Gasteiger partial charge in [0, 0.05) is 0 Å². The summed E-state index contributed by atoms with van der Waals surface area (Å²) in [5.41, 5.74) is 9.49. The first-order valence-electron chi connectivity index (χ1n) is 8.67. The third-order valence-electron chi connectivity index (χ3n) is 3.95. The number of carbonyl (C=O) groups excluding carboxylic acids is 1. The van der Waals surface area contributed by atoms with Crippen molar-refractivity contribution in [3.8, 4) is 17.3 Å². The maximum absolute atomic E-state index is 12.5. The number of rotatable bonds is 8. The number of methoxy groups -OCH3 is 2. The number of nitrogens with one attached hydrogen (secondary N) is 1. The highest BCUT2D eigenvalue weighted by atomic mass is 16.6. The molecule has 0 unspecified atom stereocenters. The second-order valence-electron chi connectivity index (χ2n) is 5.83. The van der Waals surface area contributed by atoms with Crippen molar-refractivity contribution in [3.63, 3.8) is 0 Å². The number of hydrazone groups is 1. The van der Waals surface area contributed by atoms with Gasteiger partial charge in [-0.3, -0.25) is 4.79 Å². The van der Waals surface area contributed by atoms with Gasteiger partial charge in [0.05, 0.1) is 26.1 Å². The average Bonchev–Trinajstić information content (AvgIpc) is 3.33. The molecule has 0 fully saturated rings. The Labute approximate surface area is 165 Å². The summed E-state index contributed by atoms with van der Waals surface area (Å²) >= 11 is 0. The van der Waals surface area contributed by atoms with E-state index in [1.165, 1.54) is 18.0 Å². The minimum Gasteiger partial charge on any atom is -0.493 e. The highest BCUT2D eigenvalue weighted by Crippen LogP contribution is 2.26. The van der Waals surface area contributed by atoms with E-state index in [2.05, 4.69) is 35.8 Å². The van der Waals surface area contributed by atoms with E-state index in [4.69, 9.17) is 15.2 Å². The van der Waals surface area contributed by atoms with Gasteiger partial charge in [-0.25, -0.2) is 10.1 Å². The Morgan fingerprint density at radius 1 is 1.31 bits per heavy atom. The fourth-order valence-corrected chi connectivity index (χ4v) is 2.60. The van der Waals surface area contributed by atoms with Crippen molar-refractivity contribution < 1.29 is 18.9 Å². The van der Waals surface area contributed by atoms with Crippen molar-refractivity contribution in [2.75, 3.05) is 20.0 Å². The Balaban J connectivity index is 1.78. The number of nitrogen functional groups attached to an aromatic ring is 1. The molecule has 0 aliphatic rings. The molecule has 152 valence electrons.